The number of hydrogen-bond acceptors (Lipinski definition) is 5. The molecule has 100 valence electrons. The number of hydrogen-bond donors (Lipinski definition) is 0. The number of carbonyl (C=O) groups is 1. The third-order valence-corrected chi connectivity index (χ3v) is 4.18. The van der Waals surface area contributed by atoms with Crippen molar-refractivity contribution < 1.29 is 9.53 Å². The van der Waals surface area contributed by atoms with E-state index in [4.69, 9.17) is 4.74 Å². The first-order chi connectivity index (χ1) is 9.84. The average Bonchev–Trinajstić information content (AvgIpc) is 3.14. The Hall–Kier alpha value is -2.18. The van der Waals surface area contributed by atoms with Crippen molar-refractivity contribution in [2.45, 2.75) is 0 Å². The number of amides is 1. The van der Waals surface area contributed by atoms with Crippen molar-refractivity contribution in [3.8, 4) is 5.75 Å². The molecular weight excluding hydrogens is 292 g/mol. The molecule has 20 heavy (non-hydrogen) atoms. The Morgan fingerprint density at radius 3 is 2.25 bits per heavy atom. The van der Waals surface area contributed by atoms with Gasteiger partial charge < -0.3 is 4.74 Å². The van der Waals surface area contributed by atoms with Crippen LogP contribution in [0.2, 0.25) is 0 Å². The molecule has 0 atom stereocenters. The molecule has 0 N–H and O–H groups in total. The Labute approximate surface area is 123 Å². The van der Waals surface area contributed by atoms with E-state index in [0.29, 0.717) is 5.75 Å². The van der Waals surface area contributed by atoms with Gasteiger partial charge in [-0.1, -0.05) is 0 Å². The number of anilines is 2. The lowest BCUT2D eigenvalue weighted by Crippen LogP contribution is -2.27. The second kappa shape index (κ2) is 5.85. The zero-order valence-electron chi connectivity index (χ0n) is 10.3. The fourth-order valence-electron chi connectivity index (χ4n) is 1.64. The monoisotopic (exact) mass is 302 g/mol. The topological polar surface area (TPSA) is 42.4 Å². The Balaban J connectivity index is 1.88. The number of thiophene rings is 2. The minimum Gasteiger partial charge on any atom is -0.408 e. The number of aromatic nitrogens is 1. The molecule has 0 aliphatic heterocycles. The number of rotatable bonds is 3. The first kappa shape index (κ1) is 12.8. The molecule has 3 aromatic rings. The maximum absolute atomic E-state index is 12.4. The summed E-state index contributed by atoms with van der Waals surface area (Å²) >= 11 is 2.97. The molecule has 0 saturated carbocycles. The van der Waals surface area contributed by atoms with Crippen LogP contribution in [0, 0.1) is 0 Å². The van der Waals surface area contributed by atoms with Crippen molar-refractivity contribution in [2.24, 2.45) is 0 Å². The molecule has 3 rings (SSSR count). The lowest BCUT2D eigenvalue weighted by atomic mass is 10.5. The van der Waals surface area contributed by atoms with E-state index in [0.717, 1.165) is 10.0 Å². The van der Waals surface area contributed by atoms with Gasteiger partial charge in [-0.15, -0.1) is 22.7 Å². The van der Waals surface area contributed by atoms with Crippen molar-refractivity contribution in [3.63, 3.8) is 0 Å². The van der Waals surface area contributed by atoms with Crippen LogP contribution in [0.1, 0.15) is 0 Å². The zero-order valence-corrected chi connectivity index (χ0v) is 11.9. The van der Waals surface area contributed by atoms with Crippen molar-refractivity contribution in [1.29, 1.82) is 0 Å². The molecule has 1 amide bonds. The van der Waals surface area contributed by atoms with Gasteiger partial charge in [0, 0.05) is 6.20 Å². The molecule has 3 heterocycles. The summed E-state index contributed by atoms with van der Waals surface area (Å²) in [6.45, 7) is 0. The van der Waals surface area contributed by atoms with E-state index in [-0.39, 0.29) is 0 Å². The lowest BCUT2D eigenvalue weighted by Gasteiger charge is -2.18. The summed E-state index contributed by atoms with van der Waals surface area (Å²) in [5.41, 5.74) is 0. The lowest BCUT2D eigenvalue weighted by molar-refractivity contribution is 0.210. The largest absolute Gasteiger partial charge is 0.425 e. The molecule has 3 aromatic heterocycles. The summed E-state index contributed by atoms with van der Waals surface area (Å²) in [5, 5.41) is 5.49. The highest BCUT2D eigenvalue weighted by Gasteiger charge is 2.22. The summed E-state index contributed by atoms with van der Waals surface area (Å²) in [4.78, 5) is 17.9. The van der Waals surface area contributed by atoms with Crippen LogP contribution in [0.3, 0.4) is 0 Å². The molecule has 0 unspecified atom stereocenters. The highest BCUT2D eigenvalue weighted by molar-refractivity contribution is 7.16. The highest BCUT2D eigenvalue weighted by atomic mass is 32.1. The number of carbonyl (C=O) groups excluding carboxylic acids is 1. The maximum atomic E-state index is 12.4. The second-order valence-corrected chi connectivity index (χ2v) is 5.65. The summed E-state index contributed by atoms with van der Waals surface area (Å²) in [6, 6.07) is 11.0. The van der Waals surface area contributed by atoms with Gasteiger partial charge in [-0.2, -0.15) is 0 Å². The van der Waals surface area contributed by atoms with Gasteiger partial charge in [-0.25, -0.2) is 9.69 Å². The van der Waals surface area contributed by atoms with Crippen molar-refractivity contribution >= 4 is 38.8 Å². The van der Waals surface area contributed by atoms with Crippen LogP contribution in [0.25, 0.3) is 0 Å². The molecule has 0 spiro atoms. The van der Waals surface area contributed by atoms with Gasteiger partial charge >= 0.3 is 6.09 Å². The van der Waals surface area contributed by atoms with Crippen LogP contribution in [0.15, 0.2) is 59.6 Å². The van der Waals surface area contributed by atoms with Crippen molar-refractivity contribution in [2.75, 3.05) is 4.90 Å². The van der Waals surface area contributed by atoms with Crippen LogP contribution < -0.4 is 9.64 Å². The fourth-order valence-corrected chi connectivity index (χ4v) is 3.16. The predicted octanol–water partition coefficient (Wildman–Crippen LogP) is 4.54. The van der Waals surface area contributed by atoms with E-state index in [9.17, 15) is 4.79 Å². The number of nitrogens with zero attached hydrogens (tertiary/aromatic N) is 2. The molecule has 0 bridgehead atoms. The first-order valence-corrected chi connectivity index (χ1v) is 7.59. The minimum absolute atomic E-state index is 0.426. The normalized spacial score (nSPS) is 10.2. The van der Waals surface area contributed by atoms with E-state index < -0.39 is 6.09 Å². The molecule has 0 fully saturated rings. The molecule has 0 aliphatic carbocycles. The summed E-state index contributed by atoms with van der Waals surface area (Å²) in [6.07, 6.45) is 2.70. The van der Waals surface area contributed by atoms with Crippen LogP contribution >= 0.6 is 22.7 Å². The van der Waals surface area contributed by atoms with Crippen LogP contribution in [0.5, 0.6) is 5.75 Å². The molecule has 0 aromatic carbocycles. The Morgan fingerprint density at radius 1 is 1.05 bits per heavy atom. The SMILES string of the molecule is O=C(Oc1cccnc1)N(c1cccs1)c1cccs1. The van der Waals surface area contributed by atoms with E-state index >= 15 is 0 Å². The zero-order chi connectivity index (χ0) is 13.8. The van der Waals surface area contributed by atoms with Gasteiger partial charge in [0.2, 0.25) is 0 Å². The third kappa shape index (κ3) is 2.71. The first-order valence-electron chi connectivity index (χ1n) is 5.83. The Kier molecular flexibility index (Phi) is 3.76. The number of ether oxygens (including phenoxy) is 1. The minimum atomic E-state index is -0.442. The third-order valence-electron chi connectivity index (χ3n) is 2.48. The van der Waals surface area contributed by atoms with Crippen LogP contribution in [0.4, 0.5) is 14.8 Å². The molecule has 0 radical (unpaired) electrons. The van der Waals surface area contributed by atoms with E-state index in [2.05, 4.69) is 4.98 Å². The van der Waals surface area contributed by atoms with Gasteiger partial charge in [-0.05, 0) is 47.2 Å². The van der Waals surface area contributed by atoms with Crippen LogP contribution in [-0.4, -0.2) is 11.1 Å². The van der Waals surface area contributed by atoms with Gasteiger partial charge in [-0.3, -0.25) is 4.98 Å². The molecule has 0 saturated heterocycles. The summed E-state index contributed by atoms with van der Waals surface area (Å²) in [5.74, 6) is 0.426. The quantitative estimate of drug-likeness (QED) is 0.713. The summed E-state index contributed by atoms with van der Waals surface area (Å²) in [7, 11) is 0. The standard InChI is InChI=1S/C14H10N2O2S2/c17-14(18-11-4-1-7-15-10-11)16(12-5-2-8-19-12)13-6-3-9-20-13/h1-10H. The maximum Gasteiger partial charge on any atom is 0.425 e. The van der Waals surface area contributed by atoms with E-state index in [1.54, 1.807) is 23.2 Å². The summed E-state index contributed by atoms with van der Waals surface area (Å²) < 4.78 is 5.36. The van der Waals surface area contributed by atoms with Crippen molar-refractivity contribution in [3.05, 3.63) is 59.6 Å². The molecule has 4 nitrogen and oxygen atoms in total. The smallest absolute Gasteiger partial charge is 0.408 e. The molecular formula is C14H10N2O2S2. The van der Waals surface area contributed by atoms with Gasteiger partial charge in [0.05, 0.1) is 6.20 Å². The van der Waals surface area contributed by atoms with E-state index in [1.807, 2.05) is 35.0 Å². The van der Waals surface area contributed by atoms with Crippen LogP contribution in [-0.2, 0) is 0 Å². The molecule has 0 aliphatic rings. The highest BCUT2D eigenvalue weighted by Crippen LogP contribution is 2.33. The Bertz CT molecular complexity index is 632. The number of pyridine rings is 1. The van der Waals surface area contributed by atoms with Gasteiger partial charge in [0.1, 0.15) is 10.0 Å². The fraction of sp³-hybridized carbons (Fsp3) is 0. The second-order valence-electron chi connectivity index (χ2n) is 3.79. The predicted molar refractivity (Wildman–Crippen MR) is 81.0 cm³/mol. The van der Waals surface area contributed by atoms with Gasteiger partial charge in [0.25, 0.3) is 0 Å². The Morgan fingerprint density at radius 2 is 1.75 bits per heavy atom. The average molecular weight is 302 g/mol. The van der Waals surface area contributed by atoms with Gasteiger partial charge in [0.15, 0.2) is 5.75 Å². The molecule has 6 heteroatoms. The van der Waals surface area contributed by atoms with E-state index in [1.165, 1.54) is 28.9 Å². The van der Waals surface area contributed by atoms with Crippen molar-refractivity contribution in [1.82, 2.24) is 4.98 Å².